The first-order valence-corrected chi connectivity index (χ1v) is 5.69. The lowest BCUT2D eigenvalue weighted by Crippen LogP contribution is -2.45. The second kappa shape index (κ2) is 5.03. The topological polar surface area (TPSA) is 100 Å². The van der Waals surface area contributed by atoms with Crippen LogP contribution >= 0.6 is 0 Å². The fourth-order valence-electron chi connectivity index (χ4n) is 1.99. The first-order valence-electron chi connectivity index (χ1n) is 5.69. The largest absolute Gasteiger partial charge is 0.480 e. The quantitative estimate of drug-likeness (QED) is 0.761. The van der Waals surface area contributed by atoms with Crippen LogP contribution < -0.4 is 5.32 Å². The Balaban J connectivity index is 1.89. The highest BCUT2D eigenvalue weighted by molar-refractivity contribution is 5.83. The van der Waals surface area contributed by atoms with Gasteiger partial charge in [-0.15, -0.1) is 0 Å². The summed E-state index contributed by atoms with van der Waals surface area (Å²) < 4.78 is 1.54. The second-order valence-corrected chi connectivity index (χ2v) is 4.18. The third kappa shape index (κ3) is 2.58. The molecule has 1 aromatic heterocycles. The number of nitrogens with one attached hydrogen (secondary N) is 1. The van der Waals surface area contributed by atoms with E-state index in [1.165, 1.54) is 15.9 Å². The molecule has 0 aromatic carbocycles. The molecule has 0 unspecified atom stereocenters. The van der Waals surface area contributed by atoms with Gasteiger partial charge >= 0.3 is 12.0 Å². The summed E-state index contributed by atoms with van der Waals surface area (Å²) in [4.78, 5) is 28.1. The molecule has 1 saturated heterocycles. The summed E-state index contributed by atoms with van der Waals surface area (Å²) in [7, 11) is 1.74. The van der Waals surface area contributed by atoms with Crippen LogP contribution in [0.1, 0.15) is 18.7 Å². The third-order valence-electron chi connectivity index (χ3n) is 2.84. The number of aryl methyl sites for hydroxylation is 1. The summed E-state index contributed by atoms with van der Waals surface area (Å²) in [6, 6.07) is -1.10. The Morgan fingerprint density at radius 3 is 3.00 bits per heavy atom. The van der Waals surface area contributed by atoms with E-state index in [9.17, 15) is 9.59 Å². The average Bonchev–Trinajstić information content (AvgIpc) is 2.94. The smallest absolute Gasteiger partial charge is 0.326 e. The molecule has 18 heavy (non-hydrogen) atoms. The van der Waals surface area contributed by atoms with Crippen molar-refractivity contribution in [2.75, 3.05) is 6.54 Å². The number of aromatic nitrogens is 3. The maximum Gasteiger partial charge on any atom is 0.326 e. The molecular weight excluding hydrogens is 238 g/mol. The minimum atomic E-state index is -0.960. The van der Waals surface area contributed by atoms with Crippen LogP contribution in [0.25, 0.3) is 0 Å². The van der Waals surface area contributed by atoms with Gasteiger partial charge in [0, 0.05) is 13.6 Å². The maximum atomic E-state index is 11.8. The van der Waals surface area contributed by atoms with Crippen molar-refractivity contribution in [1.29, 1.82) is 0 Å². The van der Waals surface area contributed by atoms with Crippen molar-refractivity contribution >= 4 is 12.0 Å². The van der Waals surface area contributed by atoms with Crippen LogP contribution in [0.3, 0.4) is 0 Å². The number of carboxylic acids is 1. The van der Waals surface area contributed by atoms with Gasteiger partial charge < -0.3 is 15.3 Å². The Morgan fingerprint density at radius 1 is 1.61 bits per heavy atom. The zero-order valence-electron chi connectivity index (χ0n) is 10.0. The predicted octanol–water partition coefficient (Wildman–Crippen LogP) is -0.426. The molecule has 1 atom stereocenters. The second-order valence-electron chi connectivity index (χ2n) is 4.18. The van der Waals surface area contributed by atoms with Crippen molar-refractivity contribution < 1.29 is 14.7 Å². The van der Waals surface area contributed by atoms with Crippen LogP contribution in [0.15, 0.2) is 6.33 Å². The van der Waals surface area contributed by atoms with Crippen molar-refractivity contribution in [2.24, 2.45) is 7.05 Å². The summed E-state index contributed by atoms with van der Waals surface area (Å²) in [5.41, 5.74) is 0. The molecule has 0 saturated carbocycles. The number of carboxylic acid groups (broad SMARTS) is 1. The van der Waals surface area contributed by atoms with Gasteiger partial charge in [-0.25, -0.2) is 14.6 Å². The van der Waals surface area contributed by atoms with E-state index in [0.717, 1.165) is 0 Å². The van der Waals surface area contributed by atoms with E-state index >= 15 is 0 Å². The number of rotatable bonds is 3. The number of amides is 2. The number of hydrogen-bond acceptors (Lipinski definition) is 4. The lowest BCUT2D eigenvalue weighted by atomic mass is 10.2. The zero-order valence-corrected chi connectivity index (χ0v) is 10.0. The predicted molar refractivity (Wildman–Crippen MR) is 60.6 cm³/mol. The maximum absolute atomic E-state index is 11.8. The first kappa shape index (κ1) is 12.3. The number of carbonyl (C=O) groups is 2. The van der Waals surface area contributed by atoms with Crippen molar-refractivity contribution in [3.63, 3.8) is 0 Å². The number of carbonyl (C=O) groups excluding carboxylic acids is 1. The molecule has 0 radical (unpaired) electrons. The minimum absolute atomic E-state index is 0.197. The Kier molecular flexibility index (Phi) is 3.45. The lowest BCUT2D eigenvalue weighted by Gasteiger charge is -2.21. The van der Waals surface area contributed by atoms with Gasteiger partial charge in [0.15, 0.2) is 5.82 Å². The SMILES string of the molecule is Cn1cnc(CNC(=O)N2CCC[C@H]2C(=O)O)n1. The van der Waals surface area contributed by atoms with Gasteiger partial charge in [-0.1, -0.05) is 0 Å². The van der Waals surface area contributed by atoms with E-state index < -0.39 is 12.0 Å². The number of aliphatic carboxylic acids is 1. The van der Waals surface area contributed by atoms with E-state index in [1.807, 2.05) is 0 Å². The van der Waals surface area contributed by atoms with Crippen molar-refractivity contribution in [3.05, 3.63) is 12.2 Å². The van der Waals surface area contributed by atoms with Crippen LogP contribution in [0.4, 0.5) is 4.79 Å². The molecule has 98 valence electrons. The van der Waals surface area contributed by atoms with Gasteiger partial charge in [-0.05, 0) is 12.8 Å². The van der Waals surface area contributed by atoms with Gasteiger partial charge in [0.2, 0.25) is 0 Å². The highest BCUT2D eigenvalue weighted by atomic mass is 16.4. The van der Waals surface area contributed by atoms with E-state index in [-0.39, 0.29) is 12.6 Å². The van der Waals surface area contributed by atoms with Crippen LogP contribution in [0, 0.1) is 0 Å². The van der Waals surface area contributed by atoms with Gasteiger partial charge in [0.05, 0.1) is 6.54 Å². The van der Waals surface area contributed by atoms with Gasteiger partial charge in [0.1, 0.15) is 12.4 Å². The Bertz CT molecular complexity index is 458. The first-order chi connectivity index (χ1) is 8.58. The van der Waals surface area contributed by atoms with Crippen molar-refractivity contribution in [2.45, 2.75) is 25.4 Å². The standard InChI is InChI=1S/C10H15N5O3/c1-14-6-12-8(13-14)5-11-10(18)15-4-2-3-7(15)9(16)17/h6-7H,2-5H2,1H3,(H,11,18)(H,16,17)/t7-/m0/s1. The molecule has 0 spiro atoms. The molecule has 0 aliphatic carbocycles. The fraction of sp³-hybridized carbons (Fsp3) is 0.600. The Hall–Kier alpha value is -2.12. The molecule has 8 heteroatoms. The van der Waals surface area contributed by atoms with E-state index in [2.05, 4.69) is 15.4 Å². The summed E-state index contributed by atoms with van der Waals surface area (Å²) >= 11 is 0. The number of urea groups is 1. The summed E-state index contributed by atoms with van der Waals surface area (Å²) in [6.07, 6.45) is 2.76. The van der Waals surface area contributed by atoms with Crippen LogP contribution in [0.5, 0.6) is 0 Å². The van der Waals surface area contributed by atoms with Gasteiger partial charge in [0.25, 0.3) is 0 Å². The molecular formula is C10H15N5O3. The lowest BCUT2D eigenvalue weighted by molar-refractivity contribution is -0.141. The molecule has 2 heterocycles. The monoisotopic (exact) mass is 253 g/mol. The van der Waals surface area contributed by atoms with Crippen LogP contribution in [-0.2, 0) is 18.4 Å². The molecule has 2 rings (SSSR count). The Labute approximate surface area is 104 Å². The van der Waals surface area contributed by atoms with Gasteiger partial charge in [-0.3, -0.25) is 4.68 Å². The van der Waals surface area contributed by atoms with Crippen LogP contribution in [0.2, 0.25) is 0 Å². The average molecular weight is 253 g/mol. The summed E-state index contributed by atoms with van der Waals surface area (Å²) in [6.45, 7) is 0.668. The number of nitrogens with zero attached hydrogens (tertiary/aromatic N) is 4. The van der Waals surface area contributed by atoms with Crippen LogP contribution in [-0.4, -0.2) is 49.4 Å². The molecule has 2 amide bonds. The van der Waals surface area contributed by atoms with E-state index in [4.69, 9.17) is 5.11 Å². The molecule has 0 bridgehead atoms. The Morgan fingerprint density at radius 2 is 2.39 bits per heavy atom. The minimum Gasteiger partial charge on any atom is -0.480 e. The zero-order chi connectivity index (χ0) is 13.1. The third-order valence-corrected chi connectivity index (χ3v) is 2.84. The number of likely N-dealkylation sites (tertiary alicyclic amines) is 1. The van der Waals surface area contributed by atoms with E-state index in [1.54, 1.807) is 7.05 Å². The number of hydrogen-bond donors (Lipinski definition) is 2. The van der Waals surface area contributed by atoms with Gasteiger partial charge in [-0.2, -0.15) is 5.10 Å². The highest BCUT2D eigenvalue weighted by Gasteiger charge is 2.33. The summed E-state index contributed by atoms with van der Waals surface area (Å²) in [5.74, 6) is -0.462. The molecule has 1 fully saturated rings. The molecule has 1 aromatic rings. The molecule has 8 nitrogen and oxygen atoms in total. The van der Waals surface area contributed by atoms with Crippen molar-refractivity contribution in [1.82, 2.24) is 25.0 Å². The summed E-state index contributed by atoms with van der Waals surface area (Å²) in [5, 5.41) is 15.6. The molecule has 1 aliphatic heterocycles. The molecule has 2 N–H and O–H groups in total. The fourth-order valence-corrected chi connectivity index (χ4v) is 1.99. The normalized spacial score (nSPS) is 18.9. The molecule has 1 aliphatic rings. The van der Waals surface area contributed by atoms with Crippen molar-refractivity contribution in [3.8, 4) is 0 Å². The van der Waals surface area contributed by atoms with E-state index in [0.29, 0.717) is 25.2 Å². The highest BCUT2D eigenvalue weighted by Crippen LogP contribution is 2.17.